The molecule has 2 aliphatic carbocycles. The molecule has 7 rings (SSSR count). The fourth-order valence-electron chi connectivity index (χ4n) is 8.07. The van der Waals surface area contributed by atoms with Gasteiger partial charge in [0, 0.05) is 41.3 Å². The summed E-state index contributed by atoms with van der Waals surface area (Å²) < 4.78 is 23.1. The van der Waals surface area contributed by atoms with Crippen LogP contribution < -0.4 is 25.4 Å². The molecule has 2 saturated carbocycles. The van der Waals surface area contributed by atoms with Crippen molar-refractivity contribution in [2.45, 2.75) is 120 Å². The third-order valence-electron chi connectivity index (χ3n) is 11.1. The maximum absolute atomic E-state index is 14.6. The second-order valence-corrected chi connectivity index (χ2v) is 16.4. The molecule has 56 heavy (non-hydrogen) atoms. The number of nitrogens with one attached hydrogen (secondary N) is 3. The summed E-state index contributed by atoms with van der Waals surface area (Å²) >= 11 is 1.48. The number of alkyl carbamates (subject to hydrolysis) is 1. The molecular formula is C41H52N6O8S. The molecule has 2 aliphatic heterocycles. The molecule has 1 aromatic carbocycles. The fourth-order valence-corrected chi connectivity index (χ4v) is 8.92. The molecule has 14 nitrogen and oxygen atoms in total. The molecule has 4 heterocycles. The number of allylic oxidation sites excluding steroid dienone is 1. The highest BCUT2D eigenvalue weighted by molar-refractivity contribution is 7.14. The summed E-state index contributed by atoms with van der Waals surface area (Å²) in [5, 5.41) is 12.6. The quantitative estimate of drug-likeness (QED) is 0.168. The number of anilines is 1. The first-order valence-electron chi connectivity index (χ1n) is 19.8. The number of esters is 1. The zero-order chi connectivity index (χ0) is 39.4. The summed E-state index contributed by atoms with van der Waals surface area (Å²) in [6.45, 7) is 4.16. The molecule has 4 aliphatic rings. The monoisotopic (exact) mass is 790 g/mol. The zero-order valence-electron chi connectivity index (χ0n) is 32.5. The van der Waals surface area contributed by atoms with Gasteiger partial charge in [0.1, 0.15) is 47.0 Å². The lowest BCUT2D eigenvalue weighted by molar-refractivity contribution is -0.148. The third kappa shape index (κ3) is 8.72. The Morgan fingerprint density at radius 2 is 1.84 bits per heavy atom. The number of hydrogen-bond acceptors (Lipinski definition) is 12. The van der Waals surface area contributed by atoms with E-state index in [-0.39, 0.29) is 31.0 Å². The first-order valence-corrected chi connectivity index (χ1v) is 20.7. The van der Waals surface area contributed by atoms with Crippen LogP contribution in [0.5, 0.6) is 11.5 Å². The maximum Gasteiger partial charge on any atom is 0.408 e. The Kier molecular flexibility index (Phi) is 12.0. The van der Waals surface area contributed by atoms with Crippen LogP contribution in [0.3, 0.4) is 0 Å². The number of amides is 3. The van der Waals surface area contributed by atoms with Crippen molar-refractivity contribution in [1.29, 1.82) is 0 Å². The highest BCUT2D eigenvalue weighted by Crippen LogP contribution is 2.46. The van der Waals surface area contributed by atoms with Gasteiger partial charge in [0.2, 0.25) is 11.8 Å². The number of carbonyl (C=O) groups excluding carboxylic acids is 4. The van der Waals surface area contributed by atoms with Gasteiger partial charge in [-0.1, -0.05) is 25.0 Å². The Morgan fingerprint density at radius 3 is 2.61 bits per heavy atom. The lowest BCUT2D eigenvalue weighted by atomic mass is 10.0. The molecule has 15 heteroatoms. The van der Waals surface area contributed by atoms with Gasteiger partial charge in [0.15, 0.2) is 5.13 Å². The van der Waals surface area contributed by atoms with Crippen molar-refractivity contribution in [2.24, 2.45) is 5.92 Å². The van der Waals surface area contributed by atoms with E-state index in [0.29, 0.717) is 47.7 Å². The minimum absolute atomic E-state index is 0.0653. The molecule has 0 spiro atoms. The summed E-state index contributed by atoms with van der Waals surface area (Å²) in [6.07, 6.45) is 10.3. The Balaban J connectivity index is 1.21. The number of aromatic nitrogens is 2. The standard InChI is InChI=1S/C41H52N6O8S/c1-24(2)42-39-44-33(23-56-39)32-20-35(29-17-16-27(52-3)18-31(29)43-32)54-28-19-34-36(48)46-41(38(50)53-4)21-25(41)12-8-6-5-7-9-15-30(37(49)47(34)22-28)45-40(51)55-26-13-10-11-14-26/h8,12,16-18,20,23-26,28,30,34H,5-7,9-11,13-15,19,21-22H2,1-4H3,(H,42,44)(H,45,51)(H,46,48)/b12-8-/t25-,28+,30-,34-,41+/m0/s1/i39+2. The number of ether oxygens (including phenoxy) is 4. The number of pyridine rings is 1. The van der Waals surface area contributed by atoms with E-state index in [9.17, 15) is 19.2 Å². The van der Waals surface area contributed by atoms with E-state index in [2.05, 4.69) is 16.0 Å². The SMILES string of the molecule is COC(=O)[C@@]12C[C@@H]1/C=C\CCCCC[C@H](NC(=O)OC1CCCC1)C(=O)N1C[C@H](Oc3cc(-c4cs[14c](NC(C)C)n4)nc4cc(OC)ccc34)C[C@H]1C(=O)N2. The van der Waals surface area contributed by atoms with Gasteiger partial charge in [-0.05, 0) is 77.3 Å². The van der Waals surface area contributed by atoms with Crippen LogP contribution in [0, 0.1) is 5.92 Å². The normalized spacial score (nSPS) is 26.3. The van der Waals surface area contributed by atoms with Gasteiger partial charge in [-0.25, -0.2) is 19.6 Å². The smallest absolute Gasteiger partial charge is 0.408 e. The Morgan fingerprint density at radius 1 is 1.04 bits per heavy atom. The van der Waals surface area contributed by atoms with Crippen molar-refractivity contribution >= 4 is 51.2 Å². The molecule has 0 bridgehead atoms. The van der Waals surface area contributed by atoms with Crippen LogP contribution in [-0.2, 0) is 23.9 Å². The number of fused-ring (bicyclic) bond motifs is 3. The van der Waals surface area contributed by atoms with Crippen molar-refractivity contribution in [3.63, 3.8) is 0 Å². The van der Waals surface area contributed by atoms with Crippen molar-refractivity contribution in [3.05, 3.63) is 41.8 Å². The molecule has 1 saturated heterocycles. The second-order valence-electron chi connectivity index (χ2n) is 15.5. The minimum atomic E-state index is -1.22. The number of nitrogens with zero attached hydrogens (tertiary/aromatic N) is 3. The summed E-state index contributed by atoms with van der Waals surface area (Å²) in [6, 6.07) is 5.65. The minimum Gasteiger partial charge on any atom is -0.497 e. The summed E-state index contributed by atoms with van der Waals surface area (Å²) in [5.41, 5.74) is 0.669. The van der Waals surface area contributed by atoms with Crippen LogP contribution in [-0.4, -0.2) is 95.4 Å². The predicted octanol–water partition coefficient (Wildman–Crippen LogP) is 6.14. The summed E-state index contributed by atoms with van der Waals surface area (Å²) in [5.74, 6) is -0.492. The first-order chi connectivity index (χ1) is 27.1. The number of thiazole rings is 1. The Labute approximate surface area is 331 Å². The lowest BCUT2D eigenvalue weighted by Gasteiger charge is -2.29. The number of carbonyl (C=O) groups is 4. The number of methoxy groups -OCH3 is 2. The third-order valence-corrected chi connectivity index (χ3v) is 11.9. The van der Waals surface area contributed by atoms with Gasteiger partial charge in [-0.15, -0.1) is 11.3 Å². The maximum atomic E-state index is 14.6. The van der Waals surface area contributed by atoms with Gasteiger partial charge >= 0.3 is 12.1 Å². The molecule has 3 fully saturated rings. The van der Waals surface area contributed by atoms with Gasteiger partial charge in [-0.3, -0.25) is 9.59 Å². The Hall–Kier alpha value is -4.92. The molecule has 3 aromatic rings. The van der Waals surface area contributed by atoms with E-state index in [0.717, 1.165) is 55.5 Å². The van der Waals surface area contributed by atoms with Gasteiger partial charge < -0.3 is 39.8 Å². The van der Waals surface area contributed by atoms with Crippen molar-refractivity contribution in [3.8, 4) is 22.9 Å². The van der Waals surface area contributed by atoms with E-state index >= 15 is 0 Å². The van der Waals surface area contributed by atoms with Crippen molar-refractivity contribution in [2.75, 3.05) is 26.1 Å². The average Bonchev–Trinajstić information content (AvgIpc) is 3.62. The first kappa shape index (κ1) is 39.3. The van der Waals surface area contributed by atoms with E-state index in [1.165, 1.54) is 23.3 Å². The largest absolute Gasteiger partial charge is 0.497 e. The van der Waals surface area contributed by atoms with Crippen LogP contribution >= 0.6 is 11.3 Å². The number of rotatable bonds is 9. The van der Waals surface area contributed by atoms with E-state index in [1.807, 2.05) is 55.6 Å². The highest BCUT2D eigenvalue weighted by Gasteiger charge is 2.62. The highest BCUT2D eigenvalue weighted by atomic mass is 32.1. The summed E-state index contributed by atoms with van der Waals surface area (Å²) in [7, 11) is 2.90. The molecule has 300 valence electrons. The molecular weight excluding hydrogens is 739 g/mol. The molecule has 0 radical (unpaired) electrons. The van der Waals surface area contributed by atoms with Crippen LogP contribution in [0.2, 0.25) is 0 Å². The number of benzene rings is 1. The zero-order valence-corrected chi connectivity index (χ0v) is 33.3. The van der Waals surface area contributed by atoms with Crippen molar-refractivity contribution in [1.82, 2.24) is 25.5 Å². The summed E-state index contributed by atoms with van der Waals surface area (Å²) in [4.78, 5) is 66.5. The van der Waals surface area contributed by atoms with Crippen LogP contribution in [0.1, 0.15) is 84.5 Å². The van der Waals surface area contributed by atoms with E-state index in [4.69, 9.17) is 28.9 Å². The second kappa shape index (κ2) is 17.1. The van der Waals surface area contributed by atoms with Crippen LogP contribution in [0.4, 0.5) is 9.93 Å². The molecule has 5 atom stereocenters. The van der Waals surface area contributed by atoms with E-state index in [1.54, 1.807) is 7.11 Å². The molecule has 2 aromatic heterocycles. The molecule has 3 amide bonds. The average molecular weight is 791 g/mol. The topological polar surface area (TPSA) is 170 Å². The number of hydrogen-bond donors (Lipinski definition) is 3. The predicted molar refractivity (Wildman–Crippen MR) is 212 cm³/mol. The lowest BCUT2D eigenvalue weighted by Crippen LogP contribution is -2.56. The van der Waals surface area contributed by atoms with Crippen molar-refractivity contribution < 1.29 is 38.1 Å². The fraction of sp³-hybridized carbons (Fsp3) is 0.561. The van der Waals surface area contributed by atoms with Crippen LogP contribution in [0.15, 0.2) is 41.8 Å². The van der Waals surface area contributed by atoms with Gasteiger partial charge in [0.25, 0.3) is 0 Å². The molecule has 0 unspecified atom stereocenters. The molecule has 3 N–H and O–H groups in total. The van der Waals surface area contributed by atoms with Gasteiger partial charge in [0.05, 0.1) is 32.0 Å². The van der Waals surface area contributed by atoms with Gasteiger partial charge in [-0.2, -0.15) is 0 Å². The van der Waals surface area contributed by atoms with E-state index < -0.39 is 47.6 Å². The Bertz CT molecular complexity index is 1960. The van der Waals surface area contributed by atoms with Crippen LogP contribution in [0.25, 0.3) is 22.3 Å².